The van der Waals surface area contributed by atoms with E-state index >= 15 is 0 Å². The molecule has 1 atom stereocenters. The monoisotopic (exact) mass is 282 g/mol. The van der Waals surface area contributed by atoms with Crippen molar-refractivity contribution in [1.82, 2.24) is 4.90 Å². The topological polar surface area (TPSA) is 52.9 Å². The van der Waals surface area contributed by atoms with Crippen LogP contribution in [0, 0.1) is 17.6 Å². The second-order valence-corrected chi connectivity index (χ2v) is 4.91. The molecule has 0 aromatic heterocycles. The summed E-state index contributed by atoms with van der Waals surface area (Å²) in [4.78, 5) is 13.0. The summed E-state index contributed by atoms with van der Waals surface area (Å²) in [6.07, 6.45) is 1.45. The maximum Gasteiger partial charge on any atom is 0.219 e. The minimum atomic E-state index is -0.766. The van der Waals surface area contributed by atoms with E-state index < -0.39 is 11.6 Å². The Balaban J connectivity index is 2.26. The number of hydrogen-bond donors (Lipinski definition) is 1. The van der Waals surface area contributed by atoms with Gasteiger partial charge < -0.3 is 10.1 Å². The Morgan fingerprint density at radius 1 is 1.45 bits per heavy atom. The molecular weight excluding hydrogens is 266 g/mol. The number of hydrogen-bond acceptors (Lipinski definition) is 3. The first-order valence-corrected chi connectivity index (χ1v) is 6.45. The first kappa shape index (κ1) is 14.4. The minimum absolute atomic E-state index is 0.0634. The second kappa shape index (κ2) is 5.98. The van der Waals surface area contributed by atoms with Gasteiger partial charge in [0.1, 0.15) is 11.6 Å². The van der Waals surface area contributed by atoms with E-state index in [1.807, 2.05) is 0 Å². The van der Waals surface area contributed by atoms with Crippen LogP contribution in [0.1, 0.15) is 25.3 Å². The number of nitrogens with zero attached hydrogens (tertiary/aromatic N) is 2. The van der Waals surface area contributed by atoms with Crippen molar-refractivity contribution < 1.29 is 18.8 Å². The summed E-state index contributed by atoms with van der Waals surface area (Å²) in [6.45, 7) is 2.50. The number of likely N-dealkylation sites (tertiary alicyclic amines) is 1. The van der Waals surface area contributed by atoms with Crippen LogP contribution in [0.2, 0.25) is 0 Å². The Hall–Kier alpha value is -1.98. The van der Waals surface area contributed by atoms with Crippen LogP contribution in [-0.2, 0) is 4.79 Å². The lowest BCUT2D eigenvalue weighted by atomic mass is 9.89. The zero-order valence-corrected chi connectivity index (χ0v) is 11.1. The van der Waals surface area contributed by atoms with E-state index in [0.717, 1.165) is 18.6 Å². The second-order valence-electron chi connectivity index (χ2n) is 4.91. The van der Waals surface area contributed by atoms with Crippen LogP contribution < -0.4 is 0 Å². The van der Waals surface area contributed by atoms with Gasteiger partial charge in [0, 0.05) is 37.6 Å². The lowest BCUT2D eigenvalue weighted by molar-refractivity contribution is -0.130. The highest BCUT2D eigenvalue weighted by Crippen LogP contribution is 2.23. The van der Waals surface area contributed by atoms with Crippen LogP contribution >= 0.6 is 0 Å². The zero-order valence-electron chi connectivity index (χ0n) is 11.1. The largest absolute Gasteiger partial charge is 0.411 e. The standard InChI is InChI=1S/C14H16F2N2O2/c1-9(19)18-6-2-3-10(8-18)14(17-20)12-5-4-11(15)7-13(12)16/h4-5,7,10,20H,2-3,6,8H2,1H3/b17-14+. The molecule has 4 nitrogen and oxygen atoms in total. The number of carbonyl (C=O) groups is 1. The molecule has 1 unspecified atom stereocenters. The number of piperidine rings is 1. The summed E-state index contributed by atoms with van der Waals surface area (Å²) in [6, 6.07) is 3.13. The van der Waals surface area contributed by atoms with Gasteiger partial charge in [-0.15, -0.1) is 0 Å². The molecule has 1 amide bonds. The third-order valence-corrected chi connectivity index (χ3v) is 3.57. The molecule has 1 N–H and O–H groups in total. The Kier molecular flexibility index (Phi) is 4.32. The predicted octanol–water partition coefficient (Wildman–Crippen LogP) is 2.40. The van der Waals surface area contributed by atoms with Crippen molar-refractivity contribution in [3.05, 3.63) is 35.4 Å². The Bertz CT molecular complexity index is 546. The summed E-state index contributed by atoms with van der Waals surface area (Å²) in [7, 11) is 0. The van der Waals surface area contributed by atoms with Crippen LogP contribution in [0.25, 0.3) is 0 Å². The first-order chi connectivity index (χ1) is 9.52. The molecule has 1 fully saturated rings. The summed E-state index contributed by atoms with van der Waals surface area (Å²) in [5, 5.41) is 12.4. The number of halogens is 2. The normalized spacial score (nSPS) is 20.1. The van der Waals surface area contributed by atoms with E-state index in [9.17, 15) is 18.8 Å². The van der Waals surface area contributed by atoms with Crippen molar-refractivity contribution in [2.24, 2.45) is 11.1 Å². The third-order valence-electron chi connectivity index (χ3n) is 3.57. The van der Waals surface area contributed by atoms with Crippen LogP contribution in [0.4, 0.5) is 8.78 Å². The molecule has 1 saturated heterocycles. The molecular formula is C14H16F2N2O2. The molecule has 1 heterocycles. The SMILES string of the molecule is CC(=O)N1CCCC(/C(=N\O)c2ccc(F)cc2F)C1. The van der Waals surface area contributed by atoms with E-state index in [0.29, 0.717) is 19.5 Å². The molecule has 0 spiro atoms. The van der Waals surface area contributed by atoms with Crippen molar-refractivity contribution >= 4 is 11.6 Å². The van der Waals surface area contributed by atoms with Gasteiger partial charge in [0.15, 0.2) is 0 Å². The third kappa shape index (κ3) is 2.95. The van der Waals surface area contributed by atoms with E-state index in [4.69, 9.17) is 0 Å². The van der Waals surface area contributed by atoms with Crippen molar-refractivity contribution in [2.75, 3.05) is 13.1 Å². The maximum absolute atomic E-state index is 13.8. The summed E-state index contributed by atoms with van der Waals surface area (Å²) < 4.78 is 26.7. The first-order valence-electron chi connectivity index (χ1n) is 6.45. The summed E-state index contributed by atoms with van der Waals surface area (Å²) in [5.41, 5.74) is 0.234. The highest BCUT2D eigenvalue weighted by atomic mass is 19.1. The number of benzene rings is 1. The highest BCUT2D eigenvalue weighted by Gasteiger charge is 2.28. The number of rotatable bonds is 2. The maximum atomic E-state index is 13.8. The van der Waals surface area contributed by atoms with Crippen molar-refractivity contribution in [3.63, 3.8) is 0 Å². The minimum Gasteiger partial charge on any atom is -0.411 e. The van der Waals surface area contributed by atoms with Crippen LogP contribution in [-0.4, -0.2) is 34.8 Å². The Morgan fingerprint density at radius 2 is 2.20 bits per heavy atom. The molecule has 0 bridgehead atoms. The summed E-state index contributed by atoms with van der Waals surface area (Å²) in [5.74, 6) is -1.76. The van der Waals surface area contributed by atoms with Gasteiger partial charge in [-0.05, 0) is 25.0 Å². The van der Waals surface area contributed by atoms with Gasteiger partial charge in [-0.1, -0.05) is 5.16 Å². The molecule has 1 aliphatic heterocycles. The van der Waals surface area contributed by atoms with Gasteiger partial charge in [0.05, 0.1) is 5.71 Å². The fourth-order valence-electron chi connectivity index (χ4n) is 2.54. The van der Waals surface area contributed by atoms with Crippen molar-refractivity contribution in [1.29, 1.82) is 0 Å². The molecule has 108 valence electrons. The van der Waals surface area contributed by atoms with E-state index in [-0.39, 0.29) is 23.1 Å². The van der Waals surface area contributed by atoms with Crippen molar-refractivity contribution in [2.45, 2.75) is 19.8 Å². The molecule has 2 rings (SSSR count). The van der Waals surface area contributed by atoms with E-state index in [1.165, 1.54) is 13.0 Å². The van der Waals surface area contributed by atoms with E-state index in [1.54, 1.807) is 4.90 Å². The number of carbonyl (C=O) groups excluding carboxylic acids is 1. The van der Waals surface area contributed by atoms with Gasteiger partial charge >= 0.3 is 0 Å². The van der Waals surface area contributed by atoms with Gasteiger partial charge in [0.2, 0.25) is 5.91 Å². The fraction of sp³-hybridized carbons (Fsp3) is 0.429. The Labute approximate surface area is 115 Å². The quantitative estimate of drug-likeness (QED) is 0.514. The fourth-order valence-corrected chi connectivity index (χ4v) is 2.54. The summed E-state index contributed by atoms with van der Waals surface area (Å²) >= 11 is 0. The number of amides is 1. The molecule has 0 saturated carbocycles. The molecule has 6 heteroatoms. The van der Waals surface area contributed by atoms with Crippen LogP contribution in [0.5, 0.6) is 0 Å². The van der Waals surface area contributed by atoms with Gasteiger partial charge in [-0.25, -0.2) is 8.78 Å². The molecule has 20 heavy (non-hydrogen) atoms. The number of oxime groups is 1. The molecule has 1 aromatic rings. The van der Waals surface area contributed by atoms with Crippen LogP contribution in [0.3, 0.4) is 0 Å². The smallest absolute Gasteiger partial charge is 0.219 e. The van der Waals surface area contributed by atoms with Gasteiger partial charge in [0.25, 0.3) is 0 Å². The van der Waals surface area contributed by atoms with Gasteiger partial charge in [-0.2, -0.15) is 0 Å². The van der Waals surface area contributed by atoms with Gasteiger partial charge in [-0.3, -0.25) is 4.79 Å². The van der Waals surface area contributed by atoms with Crippen LogP contribution in [0.15, 0.2) is 23.4 Å². The molecule has 1 aromatic carbocycles. The predicted molar refractivity (Wildman–Crippen MR) is 69.7 cm³/mol. The molecule has 1 aliphatic rings. The molecule has 0 radical (unpaired) electrons. The zero-order chi connectivity index (χ0) is 14.7. The van der Waals surface area contributed by atoms with Crippen molar-refractivity contribution in [3.8, 4) is 0 Å². The average Bonchev–Trinajstić information content (AvgIpc) is 2.42. The lowest BCUT2D eigenvalue weighted by Gasteiger charge is -2.32. The molecule has 0 aliphatic carbocycles. The highest BCUT2D eigenvalue weighted by molar-refractivity contribution is 6.02. The lowest BCUT2D eigenvalue weighted by Crippen LogP contribution is -2.41. The average molecular weight is 282 g/mol. The Morgan fingerprint density at radius 3 is 2.80 bits per heavy atom. The van der Waals surface area contributed by atoms with E-state index in [2.05, 4.69) is 5.16 Å².